The first-order valence-corrected chi connectivity index (χ1v) is 7.14. The highest BCUT2D eigenvalue weighted by molar-refractivity contribution is 6.21. The molecule has 0 aliphatic rings. The molecule has 0 spiro atoms. The zero-order valence-corrected chi connectivity index (χ0v) is 13.0. The second-order valence-electron chi connectivity index (χ2n) is 4.25. The van der Waals surface area contributed by atoms with Crippen LogP contribution in [-0.2, 0) is 4.74 Å². The molecular weight excluding hydrogens is 299 g/mol. The van der Waals surface area contributed by atoms with Crippen LogP contribution in [-0.4, -0.2) is 35.1 Å². The summed E-state index contributed by atoms with van der Waals surface area (Å²) in [6.07, 6.45) is 7.49. The summed E-state index contributed by atoms with van der Waals surface area (Å²) >= 11 is 11.8. The summed E-state index contributed by atoms with van der Waals surface area (Å²) in [5.74, 6) is 0. The molecule has 0 saturated carbocycles. The van der Waals surface area contributed by atoms with Gasteiger partial charge in [-0.2, -0.15) is 0 Å². The number of carbonyl (C=O) groups is 1. The third kappa shape index (κ3) is 6.26. The van der Waals surface area contributed by atoms with E-state index < -0.39 is 11.7 Å². The standard InChI is InChI=1S/C14H18Cl2N2O2/c1-11(15)20-14(19)18(2)9-4-3-7-13(16)12-6-5-8-17-10-12/h3,5-8,10-11,13H,4,9H2,1-2H3/b7-3-. The number of allylic oxidation sites excluding steroid dienone is 1. The molecule has 1 rings (SSSR count). The average Bonchev–Trinajstić information content (AvgIpc) is 2.43. The van der Waals surface area contributed by atoms with Gasteiger partial charge in [-0.25, -0.2) is 4.79 Å². The van der Waals surface area contributed by atoms with Crippen molar-refractivity contribution in [1.82, 2.24) is 9.88 Å². The van der Waals surface area contributed by atoms with E-state index in [4.69, 9.17) is 27.9 Å². The Morgan fingerprint density at radius 2 is 2.30 bits per heavy atom. The van der Waals surface area contributed by atoms with Crippen molar-refractivity contribution < 1.29 is 9.53 Å². The van der Waals surface area contributed by atoms with E-state index in [9.17, 15) is 4.79 Å². The van der Waals surface area contributed by atoms with Gasteiger partial charge in [0.2, 0.25) is 0 Å². The van der Waals surface area contributed by atoms with Gasteiger partial charge >= 0.3 is 6.09 Å². The number of amides is 1. The summed E-state index contributed by atoms with van der Waals surface area (Å²) in [6.45, 7) is 2.13. The maximum atomic E-state index is 11.5. The van der Waals surface area contributed by atoms with E-state index in [1.807, 2.05) is 24.3 Å². The summed E-state index contributed by atoms with van der Waals surface area (Å²) < 4.78 is 4.85. The maximum Gasteiger partial charge on any atom is 0.410 e. The number of nitrogens with zero attached hydrogens (tertiary/aromatic N) is 2. The lowest BCUT2D eigenvalue weighted by molar-refractivity contribution is 0.105. The first-order chi connectivity index (χ1) is 9.50. The highest BCUT2D eigenvalue weighted by Gasteiger charge is 2.11. The second kappa shape index (κ2) is 8.82. The van der Waals surface area contributed by atoms with Gasteiger partial charge in [0.15, 0.2) is 5.56 Å². The van der Waals surface area contributed by atoms with Crippen LogP contribution in [0.25, 0.3) is 0 Å². The van der Waals surface area contributed by atoms with E-state index in [0.717, 1.165) is 5.56 Å². The maximum absolute atomic E-state index is 11.5. The highest BCUT2D eigenvalue weighted by Crippen LogP contribution is 2.20. The normalized spacial score (nSPS) is 14.0. The first kappa shape index (κ1) is 16.8. The van der Waals surface area contributed by atoms with Crippen molar-refractivity contribution in [2.75, 3.05) is 13.6 Å². The van der Waals surface area contributed by atoms with Gasteiger partial charge in [0, 0.05) is 26.0 Å². The SMILES string of the molecule is CC(Cl)OC(=O)N(C)CC/C=C\C(Cl)c1cccnc1. The fraction of sp³-hybridized carbons (Fsp3) is 0.429. The molecule has 0 radical (unpaired) electrons. The van der Waals surface area contributed by atoms with Crippen LogP contribution in [0.1, 0.15) is 24.3 Å². The first-order valence-electron chi connectivity index (χ1n) is 6.27. The quantitative estimate of drug-likeness (QED) is 0.589. The molecule has 110 valence electrons. The highest BCUT2D eigenvalue weighted by atomic mass is 35.5. The molecule has 0 aliphatic heterocycles. The van der Waals surface area contributed by atoms with Crippen LogP contribution >= 0.6 is 23.2 Å². The van der Waals surface area contributed by atoms with E-state index in [1.54, 1.807) is 26.4 Å². The van der Waals surface area contributed by atoms with Crippen LogP contribution in [0.4, 0.5) is 4.79 Å². The van der Waals surface area contributed by atoms with Crippen LogP contribution in [0.5, 0.6) is 0 Å². The molecular formula is C14H18Cl2N2O2. The molecule has 0 saturated heterocycles. The number of hydrogen-bond donors (Lipinski definition) is 0. The van der Waals surface area contributed by atoms with Crippen molar-refractivity contribution in [2.24, 2.45) is 0 Å². The molecule has 0 fully saturated rings. The minimum Gasteiger partial charge on any atom is -0.430 e. The van der Waals surface area contributed by atoms with Crippen molar-refractivity contribution in [3.8, 4) is 0 Å². The topological polar surface area (TPSA) is 42.4 Å². The Labute approximate surface area is 129 Å². The molecule has 1 aromatic heterocycles. The molecule has 0 aromatic carbocycles. The Bertz CT molecular complexity index is 438. The number of halogens is 2. The molecule has 0 bridgehead atoms. The molecule has 1 aromatic rings. The summed E-state index contributed by atoms with van der Waals surface area (Å²) in [4.78, 5) is 16.9. The summed E-state index contributed by atoms with van der Waals surface area (Å²) in [5, 5.41) is -0.219. The van der Waals surface area contributed by atoms with Gasteiger partial charge in [-0.3, -0.25) is 4.98 Å². The second-order valence-corrected chi connectivity index (χ2v) is 5.34. The number of aromatic nitrogens is 1. The van der Waals surface area contributed by atoms with E-state index in [2.05, 4.69) is 4.98 Å². The zero-order chi connectivity index (χ0) is 15.0. The molecule has 20 heavy (non-hydrogen) atoms. The van der Waals surface area contributed by atoms with Crippen LogP contribution in [0.2, 0.25) is 0 Å². The molecule has 1 amide bonds. The molecule has 1 heterocycles. The van der Waals surface area contributed by atoms with Gasteiger partial charge in [0.05, 0.1) is 5.38 Å². The summed E-state index contributed by atoms with van der Waals surface area (Å²) in [5.41, 5.74) is 0.312. The molecule has 6 heteroatoms. The Hall–Kier alpha value is -1.26. The van der Waals surface area contributed by atoms with Gasteiger partial charge in [0.1, 0.15) is 0 Å². The van der Waals surface area contributed by atoms with Gasteiger partial charge in [-0.05, 0) is 25.0 Å². The van der Waals surface area contributed by atoms with Crippen molar-refractivity contribution in [3.63, 3.8) is 0 Å². The van der Waals surface area contributed by atoms with E-state index in [0.29, 0.717) is 13.0 Å². The van der Waals surface area contributed by atoms with Crippen LogP contribution < -0.4 is 0 Å². The number of ether oxygens (including phenoxy) is 1. The minimum atomic E-state index is -0.627. The molecule has 2 unspecified atom stereocenters. The fourth-order valence-corrected chi connectivity index (χ4v) is 1.76. The Kier molecular flexibility index (Phi) is 7.41. The Balaban J connectivity index is 2.33. The van der Waals surface area contributed by atoms with Gasteiger partial charge in [-0.15, -0.1) is 11.6 Å². The number of carbonyl (C=O) groups excluding carboxylic acids is 1. The lowest BCUT2D eigenvalue weighted by Gasteiger charge is -2.16. The lowest BCUT2D eigenvalue weighted by atomic mass is 10.2. The number of rotatable bonds is 6. The summed E-state index contributed by atoms with van der Waals surface area (Å²) in [6, 6.07) is 3.76. The minimum absolute atomic E-state index is 0.219. The van der Waals surface area contributed by atoms with Crippen LogP contribution in [0.3, 0.4) is 0 Å². The third-order valence-electron chi connectivity index (χ3n) is 2.51. The van der Waals surface area contributed by atoms with Crippen LogP contribution in [0, 0.1) is 0 Å². The molecule has 2 atom stereocenters. The van der Waals surface area contributed by atoms with Gasteiger partial charge in [-0.1, -0.05) is 29.8 Å². The molecule has 0 N–H and O–H groups in total. The third-order valence-corrected chi connectivity index (χ3v) is 3.00. The molecule has 0 aliphatic carbocycles. The van der Waals surface area contributed by atoms with Gasteiger partial charge in [0.25, 0.3) is 0 Å². The van der Waals surface area contributed by atoms with Crippen molar-refractivity contribution >= 4 is 29.3 Å². The van der Waals surface area contributed by atoms with E-state index in [1.165, 1.54) is 4.90 Å². The summed E-state index contributed by atoms with van der Waals surface area (Å²) in [7, 11) is 1.66. The van der Waals surface area contributed by atoms with Gasteiger partial charge < -0.3 is 9.64 Å². The lowest BCUT2D eigenvalue weighted by Crippen LogP contribution is -2.29. The fourth-order valence-electron chi connectivity index (χ4n) is 1.45. The van der Waals surface area contributed by atoms with Crippen LogP contribution in [0.15, 0.2) is 36.7 Å². The largest absolute Gasteiger partial charge is 0.430 e. The molecule has 4 nitrogen and oxygen atoms in total. The number of alkyl halides is 2. The van der Waals surface area contributed by atoms with Crippen molar-refractivity contribution in [3.05, 3.63) is 42.2 Å². The average molecular weight is 317 g/mol. The Morgan fingerprint density at radius 3 is 2.90 bits per heavy atom. The van der Waals surface area contributed by atoms with E-state index >= 15 is 0 Å². The number of hydrogen-bond acceptors (Lipinski definition) is 3. The van der Waals surface area contributed by atoms with Crippen molar-refractivity contribution in [1.29, 1.82) is 0 Å². The smallest absolute Gasteiger partial charge is 0.410 e. The number of pyridine rings is 1. The monoisotopic (exact) mass is 316 g/mol. The van der Waals surface area contributed by atoms with E-state index in [-0.39, 0.29) is 5.38 Å². The predicted molar refractivity (Wildman–Crippen MR) is 81.0 cm³/mol. The zero-order valence-electron chi connectivity index (χ0n) is 11.5. The predicted octanol–water partition coefficient (Wildman–Crippen LogP) is 3.96. The Morgan fingerprint density at radius 1 is 1.55 bits per heavy atom. The van der Waals surface area contributed by atoms with Crippen molar-refractivity contribution in [2.45, 2.75) is 24.3 Å².